The highest BCUT2D eigenvalue weighted by Crippen LogP contribution is 2.70. The number of amides is 1. The van der Waals surface area contributed by atoms with Gasteiger partial charge in [-0.3, -0.25) is 9.35 Å². The fourth-order valence-electron chi connectivity index (χ4n) is 11.6. The quantitative estimate of drug-likeness (QED) is 0.281. The average Bonchev–Trinajstić information content (AvgIpc) is 3.59. The molecule has 5 fully saturated rings. The predicted molar refractivity (Wildman–Crippen MR) is 161 cm³/mol. The number of hydrogen-bond donors (Lipinski definition) is 4. The van der Waals surface area contributed by atoms with Gasteiger partial charge in [-0.1, -0.05) is 52.3 Å². The number of nitrogens with one attached hydrogen (secondary N) is 1. The maximum absolute atomic E-state index is 12.6. The molecule has 6 unspecified atom stereocenters. The number of aliphatic hydroxyl groups excluding tert-OH is 2. The van der Waals surface area contributed by atoms with E-state index >= 15 is 0 Å². The van der Waals surface area contributed by atoms with E-state index < -0.39 is 17.2 Å². The van der Waals surface area contributed by atoms with E-state index in [9.17, 15) is 19.2 Å². The molecule has 5 aliphatic carbocycles. The Bertz CT molecular complexity index is 1180. The minimum atomic E-state index is -2.37. The molecule has 228 valence electrons. The van der Waals surface area contributed by atoms with Crippen molar-refractivity contribution in [3.05, 3.63) is 35.4 Å². The van der Waals surface area contributed by atoms with Gasteiger partial charge in [-0.25, -0.2) is 8.93 Å². The van der Waals surface area contributed by atoms with Crippen LogP contribution in [0.3, 0.4) is 0 Å². The van der Waals surface area contributed by atoms with Gasteiger partial charge in [-0.05, 0) is 134 Å². The molecule has 0 spiro atoms. The van der Waals surface area contributed by atoms with Crippen LogP contribution in [-0.4, -0.2) is 37.1 Å². The fraction of sp³-hybridized carbons (Fsp3) is 0.794. The van der Waals surface area contributed by atoms with E-state index in [0.29, 0.717) is 58.8 Å². The number of rotatable bonds is 7. The van der Waals surface area contributed by atoms with Crippen LogP contribution in [0.1, 0.15) is 114 Å². The standard InChI is InChI=1S/C34H51NO5S/c1-5-22-29-18-21(36)12-14-34(29,4)28-13-15-33(3)26(10-11-27(33)30(28)31(22)37)19(2)16-20-17-25(20)23-8-6-7-9-24(23)32(38)35-41(39)40/h6-9,19-22,25-31,36-37H,5,10-18H2,1-4H3,(H,35,38)(H,39,40)/t19-,20?,21-,22-,25?,26-,27?,28?,29+,30?,31-,33-,34-/m1/s1. The third-order valence-electron chi connectivity index (χ3n) is 13.5. The van der Waals surface area contributed by atoms with E-state index in [2.05, 4.69) is 32.4 Å². The summed E-state index contributed by atoms with van der Waals surface area (Å²) in [5.74, 6) is 3.85. The highest BCUT2D eigenvalue weighted by Gasteiger charge is 2.65. The van der Waals surface area contributed by atoms with Gasteiger partial charge in [0, 0.05) is 5.56 Å². The highest BCUT2D eigenvalue weighted by atomic mass is 32.2. The van der Waals surface area contributed by atoms with Gasteiger partial charge in [0.25, 0.3) is 17.2 Å². The van der Waals surface area contributed by atoms with E-state index in [1.807, 2.05) is 18.2 Å². The van der Waals surface area contributed by atoms with Crippen molar-refractivity contribution in [1.29, 1.82) is 0 Å². The first-order chi connectivity index (χ1) is 19.5. The van der Waals surface area contributed by atoms with Gasteiger partial charge in [0.15, 0.2) is 0 Å². The Kier molecular flexibility index (Phi) is 8.00. The lowest BCUT2D eigenvalue weighted by Crippen LogP contribution is -2.62. The van der Waals surface area contributed by atoms with Crippen LogP contribution >= 0.6 is 0 Å². The van der Waals surface area contributed by atoms with Crippen LogP contribution in [0.15, 0.2) is 24.3 Å². The summed E-state index contributed by atoms with van der Waals surface area (Å²) in [6, 6.07) is 7.54. The van der Waals surface area contributed by atoms with E-state index in [1.54, 1.807) is 6.07 Å². The number of carbonyl (C=O) groups is 1. The van der Waals surface area contributed by atoms with E-state index in [-0.39, 0.29) is 23.0 Å². The Morgan fingerprint density at radius 3 is 2.46 bits per heavy atom. The summed E-state index contributed by atoms with van der Waals surface area (Å²) < 4.78 is 22.5. The van der Waals surface area contributed by atoms with Crippen molar-refractivity contribution in [2.24, 2.45) is 58.2 Å². The summed E-state index contributed by atoms with van der Waals surface area (Å²) >= 11 is -2.37. The lowest BCUT2D eigenvalue weighted by molar-refractivity contribution is -0.203. The van der Waals surface area contributed by atoms with Gasteiger partial charge in [-0.15, -0.1) is 0 Å². The molecule has 5 aliphatic rings. The van der Waals surface area contributed by atoms with Crippen LogP contribution in [0.25, 0.3) is 0 Å². The third-order valence-corrected chi connectivity index (χ3v) is 13.9. The van der Waals surface area contributed by atoms with Crippen molar-refractivity contribution in [2.75, 3.05) is 0 Å². The monoisotopic (exact) mass is 585 g/mol. The van der Waals surface area contributed by atoms with E-state index in [4.69, 9.17) is 4.55 Å². The van der Waals surface area contributed by atoms with Crippen LogP contribution in [0.4, 0.5) is 0 Å². The number of fused-ring (bicyclic) bond motifs is 5. The van der Waals surface area contributed by atoms with Crippen molar-refractivity contribution in [3.63, 3.8) is 0 Å². The molecule has 1 amide bonds. The normalized spacial score (nSPS) is 46.5. The second kappa shape index (κ2) is 11.0. The smallest absolute Gasteiger partial charge is 0.264 e. The summed E-state index contributed by atoms with van der Waals surface area (Å²) in [6.07, 6.45) is 10.5. The molecule has 4 N–H and O–H groups in total. The van der Waals surface area contributed by atoms with Gasteiger partial charge < -0.3 is 10.2 Å². The van der Waals surface area contributed by atoms with Crippen LogP contribution in [0.2, 0.25) is 0 Å². The van der Waals surface area contributed by atoms with Gasteiger partial charge in [0.2, 0.25) is 0 Å². The SMILES string of the molecule is CC[C@H]1[C@@H](O)C2C3CC[C@H]([C@H](C)CC4CC4c4ccccc4C(=O)NS(=O)O)[C@@]3(C)CCC2[C@@]2(C)CC[C@@H](O)C[C@@H]12. The van der Waals surface area contributed by atoms with Crippen LogP contribution in [0.5, 0.6) is 0 Å². The molecule has 0 aromatic heterocycles. The molecule has 0 aliphatic heterocycles. The first kappa shape index (κ1) is 29.8. The molecule has 41 heavy (non-hydrogen) atoms. The second-order valence-corrected chi connectivity index (χ2v) is 15.9. The van der Waals surface area contributed by atoms with E-state index in [0.717, 1.165) is 44.1 Å². The molecule has 14 atom stereocenters. The zero-order valence-corrected chi connectivity index (χ0v) is 26.1. The Balaban J connectivity index is 1.17. The number of hydrogen-bond acceptors (Lipinski definition) is 4. The minimum absolute atomic E-state index is 0.206. The lowest BCUT2D eigenvalue weighted by atomic mass is 9.41. The van der Waals surface area contributed by atoms with Gasteiger partial charge in [0.05, 0.1) is 12.2 Å². The number of benzene rings is 1. The summed E-state index contributed by atoms with van der Waals surface area (Å²) in [5.41, 5.74) is 2.00. The first-order valence-electron chi connectivity index (χ1n) is 16.4. The summed E-state index contributed by atoms with van der Waals surface area (Å²) in [4.78, 5) is 12.6. The molecule has 0 saturated heterocycles. The Morgan fingerprint density at radius 2 is 1.73 bits per heavy atom. The van der Waals surface area contributed by atoms with Crippen LogP contribution in [-0.2, 0) is 11.3 Å². The van der Waals surface area contributed by atoms with Crippen LogP contribution < -0.4 is 4.72 Å². The lowest BCUT2D eigenvalue weighted by Gasteiger charge is -2.64. The Morgan fingerprint density at radius 1 is 1.02 bits per heavy atom. The van der Waals surface area contributed by atoms with Crippen molar-refractivity contribution < 1.29 is 23.8 Å². The van der Waals surface area contributed by atoms with Crippen molar-refractivity contribution >= 4 is 17.2 Å². The number of aliphatic hydroxyl groups is 2. The topological polar surface area (TPSA) is 107 Å². The number of carbonyl (C=O) groups excluding carboxylic acids is 1. The largest absolute Gasteiger partial charge is 0.393 e. The molecule has 6 rings (SSSR count). The summed E-state index contributed by atoms with van der Waals surface area (Å²) in [6.45, 7) is 9.75. The molecule has 7 heteroatoms. The van der Waals surface area contributed by atoms with Gasteiger partial charge in [0.1, 0.15) is 0 Å². The predicted octanol–water partition coefficient (Wildman–Crippen LogP) is 6.31. The Hall–Kier alpha value is -1.28. The molecule has 1 aromatic rings. The maximum Gasteiger partial charge on any atom is 0.264 e. The van der Waals surface area contributed by atoms with Crippen molar-refractivity contribution in [1.82, 2.24) is 4.72 Å². The average molecular weight is 586 g/mol. The fourth-order valence-corrected chi connectivity index (χ4v) is 11.9. The molecule has 1 aromatic carbocycles. The summed E-state index contributed by atoms with van der Waals surface area (Å²) in [7, 11) is 0. The molecular formula is C34H51NO5S. The highest BCUT2D eigenvalue weighted by molar-refractivity contribution is 7.77. The maximum atomic E-state index is 12.6. The molecule has 6 nitrogen and oxygen atoms in total. The molecule has 5 saturated carbocycles. The van der Waals surface area contributed by atoms with Gasteiger partial charge in [-0.2, -0.15) is 0 Å². The zero-order valence-electron chi connectivity index (χ0n) is 25.3. The first-order valence-corrected chi connectivity index (χ1v) is 17.5. The van der Waals surface area contributed by atoms with E-state index in [1.165, 1.54) is 25.7 Å². The van der Waals surface area contributed by atoms with Crippen LogP contribution in [0, 0.1) is 58.2 Å². The van der Waals surface area contributed by atoms with Crippen molar-refractivity contribution in [2.45, 2.75) is 110 Å². The zero-order chi connectivity index (χ0) is 29.3. The minimum Gasteiger partial charge on any atom is -0.393 e. The molecule has 0 heterocycles. The molecule has 0 radical (unpaired) electrons. The Labute approximate surface area is 248 Å². The van der Waals surface area contributed by atoms with Crippen molar-refractivity contribution in [3.8, 4) is 0 Å². The third kappa shape index (κ3) is 4.95. The molecule has 0 bridgehead atoms. The second-order valence-electron chi connectivity index (χ2n) is 15.2. The molecular weight excluding hydrogens is 534 g/mol. The van der Waals surface area contributed by atoms with Gasteiger partial charge >= 0.3 is 0 Å². The summed E-state index contributed by atoms with van der Waals surface area (Å²) in [5, 5.41) is 22.5.